The van der Waals surface area contributed by atoms with Crippen LogP contribution in [0.15, 0.2) is 23.2 Å². The Kier molecular flexibility index (Phi) is 8.32. The van der Waals surface area contributed by atoms with Crippen LogP contribution >= 0.6 is 24.0 Å². The number of nitrogens with two attached hydrogens (primary N) is 1. The molecule has 0 amide bonds. The van der Waals surface area contributed by atoms with Crippen molar-refractivity contribution in [2.24, 2.45) is 10.7 Å². The fraction of sp³-hybridized carbons (Fsp3) is 0.632. The Balaban J connectivity index is 0.00000208. The number of nitrogens with one attached hydrogen (secondary N) is 1. The Morgan fingerprint density at radius 2 is 1.83 bits per heavy atom. The molecule has 0 bridgehead atoms. The van der Waals surface area contributed by atoms with Crippen molar-refractivity contribution in [2.75, 3.05) is 18.5 Å². The molecule has 134 valence electrons. The zero-order chi connectivity index (χ0) is 15.9. The number of hydrogen-bond donors (Lipinski definition) is 2. The predicted octanol–water partition coefficient (Wildman–Crippen LogP) is 4.26. The molecule has 0 radical (unpaired) electrons. The number of anilines is 1. The van der Waals surface area contributed by atoms with E-state index in [4.69, 9.17) is 10.5 Å². The molecular formula is C19H30IN3O. The maximum absolute atomic E-state index is 5.98. The number of aryl methyl sites for hydroxylation is 2. The van der Waals surface area contributed by atoms with Gasteiger partial charge in [-0.3, -0.25) is 4.99 Å². The topological polar surface area (TPSA) is 59.6 Å². The first-order valence-corrected chi connectivity index (χ1v) is 9.11. The van der Waals surface area contributed by atoms with Crippen LogP contribution in [0.5, 0.6) is 0 Å². The van der Waals surface area contributed by atoms with E-state index in [1.165, 1.54) is 68.9 Å². The van der Waals surface area contributed by atoms with Crippen LogP contribution in [0.2, 0.25) is 0 Å². The summed E-state index contributed by atoms with van der Waals surface area (Å²) in [6.45, 7) is 1.29. The lowest BCUT2D eigenvalue weighted by Gasteiger charge is -2.14. The van der Waals surface area contributed by atoms with Gasteiger partial charge < -0.3 is 15.8 Å². The van der Waals surface area contributed by atoms with Crippen molar-refractivity contribution >= 4 is 35.6 Å². The minimum atomic E-state index is 0. The maximum Gasteiger partial charge on any atom is 0.193 e. The monoisotopic (exact) mass is 443 g/mol. The van der Waals surface area contributed by atoms with E-state index in [2.05, 4.69) is 28.5 Å². The van der Waals surface area contributed by atoms with Crippen molar-refractivity contribution in [2.45, 2.75) is 63.9 Å². The van der Waals surface area contributed by atoms with Crippen LogP contribution in [0.3, 0.4) is 0 Å². The Morgan fingerprint density at radius 3 is 2.62 bits per heavy atom. The molecule has 2 aliphatic rings. The molecule has 0 aliphatic heterocycles. The summed E-state index contributed by atoms with van der Waals surface area (Å²) >= 11 is 0. The zero-order valence-corrected chi connectivity index (χ0v) is 16.8. The van der Waals surface area contributed by atoms with E-state index in [1.54, 1.807) is 0 Å². The molecule has 0 saturated heterocycles. The molecule has 24 heavy (non-hydrogen) atoms. The number of halogens is 1. The highest BCUT2D eigenvalue weighted by molar-refractivity contribution is 14.0. The minimum absolute atomic E-state index is 0. The number of aliphatic imine (C=N–C) groups is 1. The SMILES string of the molecule is I.NC(=NCCOC1CCCCCC1)Nc1ccc2c(c1)CCC2. The smallest absolute Gasteiger partial charge is 0.193 e. The lowest BCUT2D eigenvalue weighted by molar-refractivity contribution is 0.0487. The van der Waals surface area contributed by atoms with Crippen molar-refractivity contribution in [1.82, 2.24) is 0 Å². The van der Waals surface area contributed by atoms with Crippen LogP contribution in [0.4, 0.5) is 5.69 Å². The molecule has 1 fully saturated rings. The molecule has 3 N–H and O–H groups in total. The maximum atomic E-state index is 5.98. The second-order valence-electron chi connectivity index (χ2n) is 6.71. The lowest BCUT2D eigenvalue weighted by atomic mass is 10.1. The van der Waals surface area contributed by atoms with Crippen molar-refractivity contribution in [3.8, 4) is 0 Å². The number of rotatable bonds is 5. The van der Waals surface area contributed by atoms with Crippen LogP contribution in [-0.2, 0) is 17.6 Å². The van der Waals surface area contributed by atoms with Gasteiger partial charge in [0.1, 0.15) is 0 Å². The minimum Gasteiger partial charge on any atom is -0.376 e. The Morgan fingerprint density at radius 1 is 1.08 bits per heavy atom. The molecule has 0 spiro atoms. The summed E-state index contributed by atoms with van der Waals surface area (Å²) in [5.74, 6) is 0.479. The first kappa shape index (κ1) is 19.5. The molecule has 0 atom stereocenters. The molecule has 4 nitrogen and oxygen atoms in total. The molecular weight excluding hydrogens is 413 g/mol. The number of fused-ring (bicyclic) bond motifs is 1. The van der Waals surface area contributed by atoms with Gasteiger partial charge in [0.05, 0.1) is 19.3 Å². The summed E-state index contributed by atoms with van der Waals surface area (Å²) in [6, 6.07) is 6.49. The van der Waals surface area contributed by atoms with E-state index in [9.17, 15) is 0 Å². The second kappa shape index (κ2) is 10.2. The van der Waals surface area contributed by atoms with Crippen molar-refractivity contribution in [1.29, 1.82) is 0 Å². The standard InChI is InChI=1S/C19H29N3O.HI/c20-19(21-12-13-23-18-8-3-1-2-4-9-18)22-17-11-10-15-6-5-7-16(15)14-17;/h10-11,14,18H,1-9,12-13H2,(H3,20,21,22);1H. The van der Waals surface area contributed by atoms with Gasteiger partial charge in [-0.15, -0.1) is 24.0 Å². The van der Waals surface area contributed by atoms with Gasteiger partial charge in [0.15, 0.2) is 5.96 Å². The highest BCUT2D eigenvalue weighted by Crippen LogP contribution is 2.24. The molecule has 0 unspecified atom stereocenters. The van der Waals surface area contributed by atoms with Gasteiger partial charge in [-0.05, 0) is 55.4 Å². The van der Waals surface area contributed by atoms with Gasteiger partial charge in [-0.2, -0.15) is 0 Å². The Labute approximate surface area is 162 Å². The third-order valence-electron chi connectivity index (χ3n) is 4.90. The van der Waals surface area contributed by atoms with Crippen LogP contribution in [0.25, 0.3) is 0 Å². The normalized spacial score (nSPS) is 18.6. The second-order valence-corrected chi connectivity index (χ2v) is 6.71. The van der Waals surface area contributed by atoms with Gasteiger partial charge in [-0.25, -0.2) is 0 Å². The molecule has 0 heterocycles. The molecule has 1 saturated carbocycles. The van der Waals surface area contributed by atoms with E-state index < -0.39 is 0 Å². The van der Waals surface area contributed by atoms with E-state index in [0.29, 0.717) is 25.2 Å². The first-order valence-electron chi connectivity index (χ1n) is 9.11. The van der Waals surface area contributed by atoms with Gasteiger partial charge >= 0.3 is 0 Å². The fourth-order valence-corrected chi connectivity index (χ4v) is 3.63. The number of benzene rings is 1. The summed E-state index contributed by atoms with van der Waals surface area (Å²) in [6.07, 6.45) is 11.8. The number of nitrogens with zero attached hydrogens (tertiary/aromatic N) is 1. The molecule has 5 heteroatoms. The van der Waals surface area contributed by atoms with E-state index in [0.717, 1.165) is 5.69 Å². The van der Waals surface area contributed by atoms with Crippen LogP contribution < -0.4 is 11.1 Å². The Bertz CT molecular complexity index is 539. The fourth-order valence-electron chi connectivity index (χ4n) is 3.63. The quantitative estimate of drug-likeness (QED) is 0.235. The van der Waals surface area contributed by atoms with Gasteiger partial charge in [0, 0.05) is 5.69 Å². The summed E-state index contributed by atoms with van der Waals surface area (Å²) in [5, 5.41) is 3.19. The van der Waals surface area contributed by atoms with Gasteiger partial charge in [-0.1, -0.05) is 31.7 Å². The van der Waals surface area contributed by atoms with Crippen molar-refractivity contribution < 1.29 is 4.74 Å². The molecule has 3 rings (SSSR count). The highest BCUT2D eigenvalue weighted by atomic mass is 127. The van der Waals surface area contributed by atoms with Gasteiger partial charge in [0.2, 0.25) is 0 Å². The molecule has 1 aromatic carbocycles. The van der Waals surface area contributed by atoms with Crippen molar-refractivity contribution in [3.05, 3.63) is 29.3 Å². The van der Waals surface area contributed by atoms with E-state index in [-0.39, 0.29) is 24.0 Å². The summed E-state index contributed by atoms with van der Waals surface area (Å²) in [5.41, 5.74) is 9.94. The largest absolute Gasteiger partial charge is 0.376 e. The van der Waals surface area contributed by atoms with E-state index >= 15 is 0 Å². The third kappa shape index (κ3) is 5.92. The summed E-state index contributed by atoms with van der Waals surface area (Å²) < 4.78 is 5.93. The van der Waals surface area contributed by atoms with Crippen molar-refractivity contribution in [3.63, 3.8) is 0 Å². The van der Waals surface area contributed by atoms with Crippen LogP contribution in [0.1, 0.15) is 56.1 Å². The highest BCUT2D eigenvalue weighted by Gasteiger charge is 2.12. The summed E-state index contributed by atoms with van der Waals surface area (Å²) in [7, 11) is 0. The average molecular weight is 443 g/mol. The number of ether oxygens (including phenoxy) is 1. The summed E-state index contributed by atoms with van der Waals surface area (Å²) in [4.78, 5) is 4.38. The van der Waals surface area contributed by atoms with Crippen LogP contribution in [0, 0.1) is 0 Å². The van der Waals surface area contributed by atoms with E-state index in [1.807, 2.05) is 0 Å². The average Bonchev–Trinajstić information content (AvgIpc) is 2.86. The number of guanidine groups is 1. The van der Waals surface area contributed by atoms with Gasteiger partial charge in [0.25, 0.3) is 0 Å². The molecule has 0 aromatic heterocycles. The van der Waals surface area contributed by atoms with Crippen LogP contribution in [-0.4, -0.2) is 25.2 Å². The third-order valence-corrected chi connectivity index (χ3v) is 4.90. The number of hydrogen-bond acceptors (Lipinski definition) is 2. The molecule has 2 aliphatic carbocycles. The predicted molar refractivity (Wildman–Crippen MR) is 111 cm³/mol. The zero-order valence-electron chi connectivity index (χ0n) is 14.4. The molecule has 1 aromatic rings. The lowest BCUT2D eigenvalue weighted by Crippen LogP contribution is -2.24. The Hall–Kier alpha value is -0.820. The first-order chi connectivity index (χ1) is 11.3.